The first-order valence-electron chi connectivity index (χ1n) is 16.2. The minimum Gasteiger partial charge on any atom is -0.444 e. The minimum absolute atomic E-state index is 0.203. The Morgan fingerprint density at radius 3 is 2.14 bits per heavy atom. The third-order valence-electron chi connectivity index (χ3n) is 11.6. The Morgan fingerprint density at radius 2 is 1.57 bits per heavy atom. The molecule has 4 aliphatic heterocycles. The number of rotatable bonds is 3. The summed E-state index contributed by atoms with van der Waals surface area (Å²) in [4.78, 5) is 34.0. The van der Waals surface area contributed by atoms with Gasteiger partial charge in [0.25, 0.3) is 0 Å². The summed E-state index contributed by atoms with van der Waals surface area (Å²) in [6.45, 7) is 17.4. The number of carbonyl (C=O) groups is 2. The lowest BCUT2D eigenvalue weighted by atomic mass is 9.71. The smallest absolute Gasteiger partial charge is 0.444 e. The van der Waals surface area contributed by atoms with Crippen LogP contribution < -0.4 is 10.4 Å². The van der Waals surface area contributed by atoms with Crippen molar-refractivity contribution in [3.05, 3.63) is 23.8 Å². The van der Waals surface area contributed by atoms with Crippen LogP contribution in [0.4, 0.5) is 10.5 Å². The quantitative estimate of drug-likeness (QED) is 0.489. The molecule has 4 heterocycles. The van der Waals surface area contributed by atoms with E-state index in [9.17, 15) is 9.59 Å². The van der Waals surface area contributed by atoms with E-state index < -0.39 is 29.3 Å². The van der Waals surface area contributed by atoms with Crippen LogP contribution >= 0.6 is 0 Å². The second kappa shape index (κ2) is 9.21. The second-order valence-corrected chi connectivity index (χ2v) is 16.1. The van der Waals surface area contributed by atoms with Crippen LogP contribution in [0.15, 0.2) is 18.2 Å². The average Bonchev–Trinajstić information content (AvgIpc) is 3.37. The van der Waals surface area contributed by atoms with Crippen LogP contribution in [-0.4, -0.2) is 84.0 Å². The zero-order chi connectivity index (χ0) is 29.9. The molecular formula is C33H48BN3O5. The molecule has 1 aromatic carbocycles. The van der Waals surface area contributed by atoms with Gasteiger partial charge in [-0.3, -0.25) is 9.69 Å². The molecule has 0 bridgehead atoms. The number of ether oxygens (including phenoxy) is 1. The van der Waals surface area contributed by atoms with Gasteiger partial charge in [0.1, 0.15) is 5.60 Å². The van der Waals surface area contributed by atoms with E-state index in [0.29, 0.717) is 37.4 Å². The summed E-state index contributed by atoms with van der Waals surface area (Å²) in [7, 11) is -0.476. The van der Waals surface area contributed by atoms with Gasteiger partial charge in [0.2, 0.25) is 5.91 Å². The van der Waals surface area contributed by atoms with Crippen LogP contribution in [0.3, 0.4) is 0 Å². The summed E-state index contributed by atoms with van der Waals surface area (Å²) < 4.78 is 18.5. The summed E-state index contributed by atoms with van der Waals surface area (Å²) in [6.07, 6.45) is 7.10. The van der Waals surface area contributed by atoms with Crippen molar-refractivity contribution in [3.63, 3.8) is 0 Å². The fourth-order valence-corrected chi connectivity index (χ4v) is 7.91. The predicted octanol–water partition coefficient (Wildman–Crippen LogP) is 4.62. The zero-order valence-corrected chi connectivity index (χ0v) is 26.6. The first-order valence-corrected chi connectivity index (χ1v) is 16.2. The molecular weight excluding hydrogens is 529 g/mol. The maximum absolute atomic E-state index is 14.6. The van der Waals surface area contributed by atoms with E-state index in [1.807, 2.05) is 20.8 Å². The molecule has 1 aromatic rings. The van der Waals surface area contributed by atoms with Crippen LogP contribution in [0.25, 0.3) is 0 Å². The van der Waals surface area contributed by atoms with E-state index >= 15 is 0 Å². The van der Waals surface area contributed by atoms with Crippen molar-refractivity contribution in [2.45, 2.75) is 128 Å². The highest BCUT2D eigenvalue weighted by Gasteiger charge is 2.58. The van der Waals surface area contributed by atoms with Gasteiger partial charge in [-0.05, 0) is 122 Å². The van der Waals surface area contributed by atoms with E-state index in [1.165, 1.54) is 32.4 Å². The van der Waals surface area contributed by atoms with Gasteiger partial charge < -0.3 is 23.8 Å². The van der Waals surface area contributed by atoms with Crippen LogP contribution in [0.2, 0.25) is 0 Å². The number of benzene rings is 1. The highest BCUT2D eigenvalue weighted by molar-refractivity contribution is 6.62. The fourth-order valence-electron chi connectivity index (χ4n) is 7.91. The van der Waals surface area contributed by atoms with Crippen LogP contribution in [0.1, 0.15) is 99.0 Å². The van der Waals surface area contributed by atoms with Gasteiger partial charge in [0, 0.05) is 37.4 Å². The van der Waals surface area contributed by atoms with Gasteiger partial charge >= 0.3 is 13.2 Å². The standard InChI is InChI=1S/C33H48BN3O5/c1-29(2,3)40-28(39)35-16-13-33(14-17-35)25-9-8-22(34-41-30(4,5)31(6,7)42-34)18-26(25)37(27(33)38)24-19-23(20-24)36-15-12-32(21-36)10-11-32/h8-9,18,23-24H,10-17,19-21H2,1-7H3. The van der Waals surface area contributed by atoms with Crippen molar-refractivity contribution in [2.24, 2.45) is 5.41 Å². The number of carbonyl (C=O) groups excluding carboxylic acids is 2. The zero-order valence-electron chi connectivity index (χ0n) is 26.6. The molecule has 0 N–H and O–H groups in total. The third kappa shape index (κ3) is 4.52. The van der Waals surface area contributed by atoms with Crippen molar-refractivity contribution in [1.29, 1.82) is 0 Å². The van der Waals surface area contributed by atoms with Crippen molar-refractivity contribution >= 4 is 30.3 Å². The maximum atomic E-state index is 14.6. The Hall–Kier alpha value is -2.10. The molecule has 0 unspecified atom stereocenters. The van der Waals surface area contributed by atoms with Gasteiger partial charge in [-0.15, -0.1) is 0 Å². The molecule has 0 aromatic heterocycles. The number of likely N-dealkylation sites (tertiary alicyclic amines) is 2. The second-order valence-electron chi connectivity index (χ2n) is 16.1. The van der Waals surface area contributed by atoms with Crippen molar-refractivity contribution in [2.75, 3.05) is 31.1 Å². The molecule has 2 spiro atoms. The van der Waals surface area contributed by atoms with E-state index in [1.54, 1.807) is 4.90 Å². The minimum atomic E-state index is -0.612. The molecule has 3 saturated heterocycles. The fraction of sp³-hybridized carbons (Fsp3) is 0.758. The summed E-state index contributed by atoms with van der Waals surface area (Å²) in [5.74, 6) is 0.205. The maximum Gasteiger partial charge on any atom is 0.494 e. The summed E-state index contributed by atoms with van der Waals surface area (Å²) in [5, 5.41) is 0. The number of nitrogens with zero attached hydrogens (tertiary/aromatic N) is 3. The van der Waals surface area contributed by atoms with Crippen molar-refractivity contribution in [3.8, 4) is 0 Å². The Balaban J connectivity index is 1.15. The Morgan fingerprint density at radius 1 is 0.929 bits per heavy atom. The van der Waals surface area contributed by atoms with Crippen LogP contribution in [0.5, 0.6) is 0 Å². The molecule has 0 atom stereocenters. The third-order valence-corrected chi connectivity index (χ3v) is 11.6. The molecule has 9 heteroatoms. The Kier molecular flexibility index (Phi) is 6.29. The highest BCUT2D eigenvalue weighted by Crippen LogP contribution is 2.55. The molecule has 2 amide bonds. The molecule has 2 aliphatic carbocycles. The summed E-state index contributed by atoms with van der Waals surface area (Å²) >= 11 is 0. The SMILES string of the molecule is CC(C)(C)OC(=O)N1CCC2(CC1)C(=O)N(C1CC(N3CCC4(CC4)C3)C1)c1cc(B3OC(C)(C)C(C)(C)O3)ccc12. The largest absolute Gasteiger partial charge is 0.494 e. The van der Waals surface area contributed by atoms with E-state index in [-0.39, 0.29) is 18.0 Å². The number of piperidine rings is 1. The van der Waals surface area contributed by atoms with Gasteiger partial charge in [-0.2, -0.15) is 0 Å². The van der Waals surface area contributed by atoms with Crippen LogP contribution in [0, 0.1) is 5.41 Å². The number of hydrogen-bond acceptors (Lipinski definition) is 6. The molecule has 7 rings (SSSR count). The lowest BCUT2D eigenvalue weighted by Crippen LogP contribution is -2.57. The number of amides is 2. The number of anilines is 1. The normalized spacial score (nSPS) is 30.6. The molecule has 5 fully saturated rings. The first kappa shape index (κ1) is 28.7. The number of hydrogen-bond donors (Lipinski definition) is 0. The predicted molar refractivity (Wildman–Crippen MR) is 163 cm³/mol. The summed E-state index contributed by atoms with van der Waals surface area (Å²) in [6, 6.07) is 7.16. The van der Waals surface area contributed by atoms with Gasteiger partial charge in [-0.1, -0.05) is 12.1 Å². The Bertz CT molecular complexity index is 1270. The number of fused-ring (bicyclic) bond motifs is 2. The van der Waals surface area contributed by atoms with E-state index in [0.717, 1.165) is 29.6 Å². The Labute approximate surface area is 251 Å². The molecule has 2 saturated carbocycles. The van der Waals surface area contributed by atoms with Crippen molar-refractivity contribution in [1.82, 2.24) is 9.80 Å². The topological polar surface area (TPSA) is 71.6 Å². The van der Waals surface area contributed by atoms with Gasteiger partial charge in [-0.25, -0.2) is 4.79 Å². The van der Waals surface area contributed by atoms with Gasteiger partial charge in [0.15, 0.2) is 0 Å². The molecule has 8 nitrogen and oxygen atoms in total. The molecule has 6 aliphatic rings. The first-order chi connectivity index (χ1) is 19.6. The van der Waals surface area contributed by atoms with E-state index in [4.69, 9.17) is 14.0 Å². The molecule has 0 radical (unpaired) electrons. The van der Waals surface area contributed by atoms with Crippen LogP contribution in [-0.2, 0) is 24.3 Å². The highest BCUT2D eigenvalue weighted by atomic mass is 16.7. The average molecular weight is 578 g/mol. The lowest BCUT2D eigenvalue weighted by Gasteiger charge is -2.46. The molecule has 228 valence electrons. The lowest BCUT2D eigenvalue weighted by molar-refractivity contribution is -0.126. The van der Waals surface area contributed by atoms with Gasteiger partial charge in [0.05, 0.1) is 16.6 Å². The summed E-state index contributed by atoms with van der Waals surface area (Å²) in [5.41, 5.74) is 1.66. The molecule has 42 heavy (non-hydrogen) atoms. The van der Waals surface area contributed by atoms with Crippen molar-refractivity contribution < 1.29 is 23.6 Å². The monoisotopic (exact) mass is 577 g/mol. The van der Waals surface area contributed by atoms with E-state index in [2.05, 4.69) is 55.7 Å².